The van der Waals surface area contributed by atoms with Gasteiger partial charge in [-0.05, 0) is 0 Å². The molecule has 14 heavy (non-hydrogen) atoms. The van der Waals surface area contributed by atoms with E-state index in [0.717, 1.165) is 18.4 Å². The van der Waals surface area contributed by atoms with Crippen LogP contribution in [0.15, 0.2) is 26.6 Å². The van der Waals surface area contributed by atoms with Crippen LogP contribution in [-0.2, 0) is 14.8 Å². The molecule has 0 saturated heterocycles. The second kappa shape index (κ2) is 3.84. The van der Waals surface area contributed by atoms with Gasteiger partial charge >= 0.3 is 0 Å². The summed E-state index contributed by atoms with van der Waals surface area (Å²) < 4.78 is 25.0. The molecular weight excluding hydrogens is 249 g/mol. The van der Waals surface area contributed by atoms with Crippen molar-refractivity contribution in [3.05, 3.63) is 22.2 Å². The van der Waals surface area contributed by atoms with Gasteiger partial charge in [0.2, 0.25) is 0 Å². The van der Waals surface area contributed by atoms with Crippen LogP contribution in [0.2, 0.25) is 0 Å². The third-order valence-electron chi connectivity index (χ3n) is 1.25. The molecular formula is C7H5Cl2NO3S. The predicted octanol–water partition coefficient (Wildman–Crippen LogP) is 1.22. The van der Waals surface area contributed by atoms with Crippen LogP contribution in [0.5, 0.6) is 0 Å². The Balaban J connectivity index is 3.26. The third kappa shape index (κ3) is 2.94. The van der Waals surface area contributed by atoms with Gasteiger partial charge in [-0.2, -0.15) is 4.40 Å². The second-order valence-corrected chi connectivity index (χ2v) is 5.02. The molecule has 1 rings (SSSR count). The lowest BCUT2D eigenvalue weighted by Crippen LogP contribution is -2.10. The first-order valence-electron chi connectivity index (χ1n) is 3.38. The molecule has 0 bridgehead atoms. The maximum atomic E-state index is 10.9. The number of halogens is 2. The largest absolute Gasteiger partial charge is 0.290 e. The second-order valence-electron chi connectivity index (χ2n) is 2.56. The van der Waals surface area contributed by atoms with Crippen LogP contribution in [0.4, 0.5) is 0 Å². The van der Waals surface area contributed by atoms with Gasteiger partial charge in [0.15, 0.2) is 5.78 Å². The molecule has 0 fully saturated rings. The minimum absolute atomic E-state index is 0.0760. The average Bonchev–Trinajstić information content (AvgIpc) is 1.95. The van der Waals surface area contributed by atoms with Crippen LogP contribution in [-0.4, -0.2) is 26.2 Å². The maximum absolute atomic E-state index is 10.9. The van der Waals surface area contributed by atoms with Crippen LogP contribution in [0.25, 0.3) is 0 Å². The Labute approximate surface area is 91.0 Å². The number of rotatable bonds is 1. The van der Waals surface area contributed by atoms with Crippen LogP contribution in [0.3, 0.4) is 0 Å². The lowest BCUT2D eigenvalue weighted by Gasteiger charge is -2.06. The normalized spacial score (nSPS) is 17.6. The van der Waals surface area contributed by atoms with E-state index < -0.39 is 15.8 Å². The van der Waals surface area contributed by atoms with Crippen molar-refractivity contribution in [2.75, 3.05) is 6.26 Å². The minimum Gasteiger partial charge on any atom is -0.290 e. The highest BCUT2D eigenvalue weighted by atomic mass is 35.5. The number of hydrogen-bond acceptors (Lipinski definition) is 3. The number of allylic oxidation sites excluding steroid dienone is 4. The Bertz CT molecular complexity index is 449. The number of carbonyl (C=O) groups is 1. The minimum atomic E-state index is -3.58. The molecule has 0 saturated carbocycles. The summed E-state index contributed by atoms with van der Waals surface area (Å²) >= 11 is 11.2. The van der Waals surface area contributed by atoms with Gasteiger partial charge in [-0.15, -0.1) is 0 Å². The highest BCUT2D eigenvalue weighted by Gasteiger charge is 2.18. The standard InChI is InChI=1S/C7H5Cl2NO3S/c1-14(12,13)10-7-5(8)2-4(11)3-6(7)9/h2-3H,1H3. The summed E-state index contributed by atoms with van der Waals surface area (Å²) in [4.78, 5) is 10.9. The van der Waals surface area contributed by atoms with Crippen LogP contribution < -0.4 is 0 Å². The molecule has 0 aliphatic heterocycles. The summed E-state index contributed by atoms with van der Waals surface area (Å²) in [6.07, 6.45) is 3.01. The monoisotopic (exact) mass is 253 g/mol. The smallest absolute Gasteiger partial charge is 0.250 e. The van der Waals surface area contributed by atoms with E-state index in [2.05, 4.69) is 4.40 Å². The molecule has 76 valence electrons. The zero-order valence-corrected chi connectivity index (χ0v) is 9.32. The highest BCUT2D eigenvalue weighted by molar-refractivity contribution is 7.89. The Morgan fingerprint density at radius 2 is 1.64 bits per heavy atom. The Kier molecular flexibility index (Phi) is 3.14. The molecule has 0 amide bonds. The number of ketones is 1. The number of nitrogens with zero attached hydrogens (tertiary/aromatic N) is 1. The fraction of sp³-hybridized carbons (Fsp3) is 0.143. The van der Waals surface area contributed by atoms with Crippen molar-refractivity contribution >= 4 is 44.7 Å². The van der Waals surface area contributed by atoms with Crippen molar-refractivity contribution in [1.29, 1.82) is 0 Å². The number of sulfonamides is 1. The summed E-state index contributed by atoms with van der Waals surface area (Å²) in [5.41, 5.74) is -0.101. The Morgan fingerprint density at radius 1 is 1.21 bits per heavy atom. The van der Waals surface area contributed by atoms with Crippen molar-refractivity contribution in [2.45, 2.75) is 0 Å². The van der Waals surface area contributed by atoms with Crippen molar-refractivity contribution in [1.82, 2.24) is 0 Å². The number of carbonyl (C=O) groups excluding carboxylic acids is 1. The van der Waals surface area contributed by atoms with Crippen LogP contribution in [0, 0.1) is 0 Å². The highest BCUT2D eigenvalue weighted by Crippen LogP contribution is 2.21. The first kappa shape index (κ1) is 11.4. The fourth-order valence-electron chi connectivity index (χ4n) is 0.795. The molecule has 1 aliphatic carbocycles. The van der Waals surface area contributed by atoms with Gasteiger partial charge in [-0.3, -0.25) is 4.79 Å². The van der Waals surface area contributed by atoms with Gasteiger partial charge in [-0.1, -0.05) is 23.2 Å². The zero-order chi connectivity index (χ0) is 10.9. The topological polar surface area (TPSA) is 63.6 Å². The van der Waals surface area contributed by atoms with Crippen molar-refractivity contribution in [3.8, 4) is 0 Å². The molecule has 0 aromatic rings. The summed E-state index contributed by atoms with van der Waals surface area (Å²) in [7, 11) is -3.58. The molecule has 0 N–H and O–H groups in total. The summed E-state index contributed by atoms with van der Waals surface area (Å²) in [5.74, 6) is -0.396. The van der Waals surface area contributed by atoms with E-state index in [1.807, 2.05) is 0 Å². The molecule has 0 atom stereocenters. The molecule has 0 radical (unpaired) electrons. The predicted molar refractivity (Wildman–Crippen MR) is 55.2 cm³/mol. The lowest BCUT2D eigenvalue weighted by molar-refractivity contribution is -0.110. The summed E-state index contributed by atoms with van der Waals surface area (Å²) in [5, 5.41) is -0.152. The van der Waals surface area contributed by atoms with Crippen molar-refractivity contribution < 1.29 is 13.2 Å². The van der Waals surface area contributed by atoms with Crippen molar-refractivity contribution in [3.63, 3.8) is 0 Å². The van der Waals surface area contributed by atoms with E-state index in [0.29, 0.717) is 0 Å². The van der Waals surface area contributed by atoms with Crippen molar-refractivity contribution in [2.24, 2.45) is 4.40 Å². The maximum Gasteiger partial charge on any atom is 0.250 e. The number of hydrogen-bond donors (Lipinski definition) is 0. The van der Waals surface area contributed by atoms with Gasteiger partial charge in [-0.25, -0.2) is 8.42 Å². The van der Waals surface area contributed by atoms with E-state index in [-0.39, 0.29) is 15.8 Å². The molecule has 0 heterocycles. The van der Waals surface area contributed by atoms with Crippen LogP contribution in [0.1, 0.15) is 0 Å². The van der Waals surface area contributed by atoms with E-state index in [1.54, 1.807) is 0 Å². The molecule has 4 nitrogen and oxygen atoms in total. The Hall–Kier alpha value is -0.650. The molecule has 0 unspecified atom stereocenters. The van der Waals surface area contributed by atoms with Gasteiger partial charge < -0.3 is 0 Å². The summed E-state index contributed by atoms with van der Waals surface area (Å²) in [6, 6.07) is 0. The van der Waals surface area contributed by atoms with E-state index in [4.69, 9.17) is 23.2 Å². The van der Waals surface area contributed by atoms with E-state index in [1.165, 1.54) is 0 Å². The average molecular weight is 254 g/mol. The molecule has 0 spiro atoms. The molecule has 1 aliphatic rings. The van der Waals surface area contributed by atoms with Gasteiger partial charge in [0, 0.05) is 12.2 Å². The molecule has 7 heteroatoms. The van der Waals surface area contributed by atoms with E-state index in [9.17, 15) is 13.2 Å². The Morgan fingerprint density at radius 3 is 2.00 bits per heavy atom. The SMILES string of the molecule is CS(=O)(=O)N=C1C(Cl)=CC(=O)C=C1Cl. The van der Waals surface area contributed by atoms with Gasteiger partial charge in [0.05, 0.1) is 16.3 Å². The van der Waals surface area contributed by atoms with Crippen LogP contribution >= 0.6 is 23.2 Å². The first-order chi connectivity index (χ1) is 6.29. The van der Waals surface area contributed by atoms with Gasteiger partial charge in [0.1, 0.15) is 5.71 Å². The quantitative estimate of drug-likeness (QED) is 0.661. The van der Waals surface area contributed by atoms with Gasteiger partial charge in [0.25, 0.3) is 10.0 Å². The zero-order valence-electron chi connectivity index (χ0n) is 6.99. The molecule has 0 aromatic carbocycles. The van der Waals surface area contributed by atoms with E-state index >= 15 is 0 Å². The fourth-order valence-corrected chi connectivity index (χ4v) is 1.98. The summed E-state index contributed by atoms with van der Waals surface area (Å²) in [6.45, 7) is 0. The first-order valence-corrected chi connectivity index (χ1v) is 5.99. The molecule has 0 aromatic heterocycles. The lowest BCUT2D eigenvalue weighted by atomic mass is 10.1. The third-order valence-corrected chi connectivity index (χ3v) is 2.34.